The van der Waals surface area contributed by atoms with Crippen molar-refractivity contribution in [3.8, 4) is 0 Å². The van der Waals surface area contributed by atoms with Gasteiger partial charge in [-0.05, 0) is 30.4 Å². The lowest BCUT2D eigenvalue weighted by molar-refractivity contribution is -0.149. The molecule has 2 N–H and O–H groups in total. The highest BCUT2D eigenvalue weighted by atomic mass is 16.5. The third kappa shape index (κ3) is 3.10. The second kappa shape index (κ2) is 5.11. The molecule has 1 unspecified atom stereocenters. The molecule has 100 valence electrons. The fourth-order valence-corrected chi connectivity index (χ4v) is 1.72. The lowest BCUT2D eigenvalue weighted by atomic mass is 9.84. The summed E-state index contributed by atoms with van der Waals surface area (Å²) < 4.78 is 4.99. The first-order valence-corrected chi connectivity index (χ1v) is 6.26. The summed E-state index contributed by atoms with van der Waals surface area (Å²) in [7, 11) is 0. The van der Waals surface area contributed by atoms with E-state index in [2.05, 4.69) is 20.8 Å². The zero-order valence-corrected chi connectivity index (χ0v) is 11.9. The smallest absolute Gasteiger partial charge is 0.330 e. The predicted molar refractivity (Wildman–Crippen MR) is 73.3 cm³/mol. The molecular formula is C15H23NO2. The number of carbonyl (C=O) groups excluding carboxylic acids is 1. The Labute approximate surface area is 109 Å². The molecule has 0 aliphatic rings. The van der Waals surface area contributed by atoms with Crippen molar-refractivity contribution in [2.75, 3.05) is 6.61 Å². The van der Waals surface area contributed by atoms with E-state index in [0.717, 1.165) is 5.56 Å². The van der Waals surface area contributed by atoms with Crippen LogP contribution in [0.4, 0.5) is 0 Å². The van der Waals surface area contributed by atoms with Gasteiger partial charge in [0.1, 0.15) is 5.54 Å². The van der Waals surface area contributed by atoms with E-state index in [4.69, 9.17) is 10.5 Å². The third-order valence-electron chi connectivity index (χ3n) is 3.05. The number of ether oxygens (including phenoxy) is 1. The Morgan fingerprint density at radius 2 is 1.56 bits per heavy atom. The minimum absolute atomic E-state index is 0.0907. The largest absolute Gasteiger partial charge is 0.464 e. The SMILES string of the molecule is CCOC(=O)C(C)(N)c1ccc(C(C)(C)C)cc1. The number of hydrogen-bond donors (Lipinski definition) is 1. The lowest BCUT2D eigenvalue weighted by Gasteiger charge is -2.25. The Balaban J connectivity index is 3.01. The molecule has 3 heteroatoms. The molecule has 1 aromatic rings. The number of hydrogen-bond acceptors (Lipinski definition) is 3. The summed E-state index contributed by atoms with van der Waals surface area (Å²) in [6.07, 6.45) is 0. The molecule has 0 saturated carbocycles. The Kier molecular flexibility index (Phi) is 4.17. The summed E-state index contributed by atoms with van der Waals surface area (Å²) in [5.41, 5.74) is 7.04. The fourth-order valence-electron chi connectivity index (χ4n) is 1.72. The standard InChI is InChI=1S/C15H23NO2/c1-6-18-13(17)15(5,16)12-9-7-11(8-10-12)14(2,3)4/h7-10H,6,16H2,1-5H3. The molecule has 0 amide bonds. The van der Waals surface area contributed by atoms with E-state index in [0.29, 0.717) is 6.61 Å². The molecule has 0 aromatic heterocycles. The summed E-state index contributed by atoms with van der Waals surface area (Å²) in [6.45, 7) is 10.2. The van der Waals surface area contributed by atoms with Crippen molar-refractivity contribution >= 4 is 5.97 Å². The van der Waals surface area contributed by atoms with Crippen LogP contribution in [0.5, 0.6) is 0 Å². The van der Waals surface area contributed by atoms with Crippen LogP contribution in [-0.4, -0.2) is 12.6 Å². The van der Waals surface area contributed by atoms with Crippen LogP contribution in [-0.2, 0) is 20.5 Å². The van der Waals surface area contributed by atoms with Gasteiger partial charge >= 0.3 is 5.97 Å². The van der Waals surface area contributed by atoms with E-state index in [1.54, 1.807) is 13.8 Å². The molecule has 1 atom stereocenters. The van der Waals surface area contributed by atoms with E-state index in [9.17, 15) is 4.79 Å². The summed E-state index contributed by atoms with van der Waals surface area (Å²) in [6, 6.07) is 7.83. The van der Waals surface area contributed by atoms with Gasteiger partial charge in [0.2, 0.25) is 0 Å². The number of benzene rings is 1. The average Bonchev–Trinajstić information content (AvgIpc) is 2.28. The Morgan fingerprint density at radius 1 is 1.11 bits per heavy atom. The molecule has 0 aliphatic carbocycles. The maximum Gasteiger partial charge on any atom is 0.330 e. The molecule has 0 aliphatic heterocycles. The fraction of sp³-hybridized carbons (Fsp3) is 0.533. The van der Waals surface area contributed by atoms with Gasteiger partial charge in [0, 0.05) is 0 Å². The zero-order valence-electron chi connectivity index (χ0n) is 11.9. The van der Waals surface area contributed by atoms with Gasteiger partial charge in [0.25, 0.3) is 0 Å². The molecule has 0 spiro atoms. The molecule has 1 aromatic carbocycles. The monoisotopic (exact) mass is 249 g/mol. The van der Waals surface area contributed by atoms with Crippen molar-refractivity contribution < 1.29 is 9.53 Å². The van der Waals surface area contributed by atoms with Crippen LogP contribution in [0.2, 0.25) is 0 Å². The van der Waals surface area contributed by atoms with Crippen LogP contribution in [0.15, 0.2) is 24.3 Å². The molecule has 0 fully saturated rings. The highest BCUT2D eigenvalue weighted by Crippen LogP contribution is 2.25. The predicted octanol–water partition coefficient (Wildman–Crippen LogP) is 2.72. The minimum atomic E-state index is -1.09. The normalized spacial score (nSPS) is 15.0. The van der Waals surface area contributed by atoms with E-state index in [-0.39, 0.29) is 5.41 Å². The van der Waals surface area contributed by atoms with E-state index in [1.807, 2.05) is 24.3 Å². The second-order valence-corrected chi connectivity index (χ2v) is 5.75. The lowest BCUT2D eigenvalue weighted by Crippen LogP contribution is -2.43. The van der Waals surface area contributed by atoms with E-state index in [1.165, 1.54) is 5.56 Å². The molecule has 0 radical (unpaired) electrons. The van der Waals surface area contributed by atoms with E-state index < -0.39 is 11.5 Å². The van der Waals surface area contributed by atoms with E-state index >= 15 is 0 Å². The summed E-state index contributed by atoms with van der Waals surface area (Å²) in [5, 5.41) is 0. The average molecular weight is 249 g/mol. The number of esters is 1. The highest BCUT2D eigenvalue weighted by molar-refractivity contribution is 5.81. The molecule has 0 saturated heterocycles. The van der Waals surface area contributed by atoms with Gasteiger partial charge in [0.05, 0.1) is 6.61 Å². The topological polar surface area (TPSA) is 52.3 Å². The maximum absolute atomic E-state index is 11.8. The van der Waals surface area contributed by atoms with Crippen LogP contribution in [0, 0.1) is 0 Å². The Morgan fingerprint density at radius 3 is 1.94 bits per heavy atom. The first-order valence-electron chi connectivity index (χ1n) is 6.26. The number of nitrogens with two attached hydrogens (primary N) is 1. The highest BCUT2D eigenvalue weighted by Gasteiger charge is 2.32. The molecule has 0 heterocycles. The van der Waals surface area contributed by atoms with Gasteiger partial charge < -0.3 is 10.5 Å². The first-order chi connectivity index (χ1) is 8.19. The Hall–Kier alpha value is -1.35. The van der Waals surface area contributed by atoms with Crippen molar-refractivity contribution in [1.82, 2.24) is 0 Å². The number of carbonyl (C=O) groups is 1. The van der Waals surface area contributed by atoms with Crippen molar-refractivity contribution in [3.05, 3.63) is 35.4 Å². The van der Waals surface area contributed by atoms with Gasteiger partial charge in [-0.3, -0.25) is 0 Å². The second-order valence-electron chi connectivity index (χ2n) is 5.75. The van der Waals surface area contributed by atoms with Crippen molar-refractivity contribution in [1.29, 1.82) is 0 Å². The molecule has 3 nitrogen and oxygen atoms in total. The number of rotatable bonds is 3. The molecular weight excluding hydrogens is 226 g/mol. The maximum atomic E-state index is 11.8. The van der Waals surface area contributed by atoms with Crippen LogP contribution in [0.25, 0.3) is 0 Å². The van der Waals surface area contributed by atoms with Crippen LogP contribution in [0.3, 0.4) is 0 Å². The minimum Gasteiger partial charge on any atom is -0.464 e. The summed E-state index contributed by atoms with van der Waals surface area (Å²) >= 11 is 0. The molecule has 18 heavy (non-hydrogen) atoms. The van der Waals surface area contributed by atoms with Crippen molar-refractivity contribution in [3.63, 3.8) is 0 Å². The van der Waals surface area contributed by atoms with Crippen LogP contribution >= 0.6 is 0 Å². The van der Waals surface area contributed by atoms with Crippen LogP contribution < -0.4 is 5.73 Å². The van der Waals surface area contributed by atoms with Gasteiger partial charge in [-0.15, -0.1) is 0 Å². The third-order valence-corrected chi connectivity index (χ3v) is 3.05. The Bertz CT molecular complexity index is 413. The molecule has 1 rings (SSSR count). The zero-order chi connectivity index (χ0) is 14.0. The van der Waals surface area contributed by atoms with Crippen molar-refractivity contribution in [2.24, 2.45) is 5.73 Å². The quantitative estimate of drug-likeness (QED) is 0.838. The summed E-state index contributed by atoms with van der Waals surface area (Å²) in [4.78, 5) is 11.8. The van der Waals surface area contributed by atoms with Gasteiger partial charge in [0.15, 0.2) is 0 Å². The van der Waals surface area contributed by atoms with Crippen LogP contribution in [0.1, 0.15) is 45.7 Å². The first kappa shape index (κ1) is 14.7. The summed E-state index contributed by atoms with van der Waals surface area (Å²) in [5.74, 6) is -0.395. The van der Waals surface area contributed by atoms with Gasteiger partial charge in [-0.2, -0.15) is 0 Å². The van der Waals surface area contributed by atoms with Crippen molar-refractivity contribution in [2.45, 2.75) is 45.6 Å². The van der Waals surface area contributed by atoms with Gasteiger partial charge in [-0.25, -0.2) is 4.79 Å². The van der Waals surface area contributed by atoms with Gasteiger partial charge in [-0.1, -0.05) is 45.0 Å². The molecule has 0 bridgehead atoms.